The molecule has 4 aromatic rings. The Hall–Kier alpha value is -3.68. The van der Waals surface area contributed by atoms with Gasteiger partial charge in [-0.1, -0.05) is 18.2 Å². The summed E-state index contributed by atoms with van der Waals surface area (Å²) in [4.78, 5) is 45.5. The quantitative estimate of drug-likeness (QED) is 0.480. The molecule has 2 fully saturated rings. The minimum absolute atomic E-state index is 0.119. The second kappa shape index (κ2) is 6.91. The Morgan fingerprint density at radius 2 is 1.88 bits per heavy atom. The lowest BCUT2D eigenvalue weighted by Crippen LogP contribution is -2.32. The second-order valence-corrected chi connectivity index (χ2v) is 9.18. The van der Waals surface area contributed by atoms with Gasteiger partial charge in [0.1, 0.15) is 0 Å². The smallest absolute Gasteiger partial charge is 0.372 e. The van der Waals surface area contributed by atoms with Crippen molar-refractivity contribution in [3.05, 3.63) is 78.8 Å². The molecule has 3 atom stereocenters. The third-order valence-electron chi connectivity index (χ3n) is 6.99. The molecule has 2 aromatic heterocycles. The van der Waals surface area contributed by atoms with Gasteiger partial charge in [-0.25, -0.2) is 14.6 Å². The van der Waals surface area contributed by atoms with E-state index in [1.807, 2.05) is 11.0 Å². The second-order valence-electron chi connectivity index (χ2n) is 9.18. The summed E-state index contributed by atoms with van der Waals surface area (Å²) in [7, 11) is 0. The Labute approximate surface area is 192 Å². The Morgan fingerprint density at radius 3 is 2.64 bits per heavy atom. The van der Waals surface area contributed by atoms with E-state index in [0.717, 1.165) is 11.0 Å². The van der Waals surface area contributed by atoms with Gasteiger partial charge in [-0.05, 0) is 55.9 Å². The molecule has 1 saturated heterocycles. The summed E-state index contributed by atoms with van der Waals surface area (Å²) in [6, 6.07) is 9.46. The van der Waals surface area contributed by atoms with Gasteiger partial charge in [0.05, 0.1) is 27.8 Å². The van der Waals surface area contributed by atoms with Gasteiger partial charge in [0, 0.05) is 29.7 Å². The number of rotatable bonds is 3. The van der Waals surface area contributed by atoms with E-state index >= 15 is 0 Å². The molecule has 1 aliphatic heterocycles. The first-order valence-electron chi connectivity index (χ1n) is 12.5. The number of benzene rings is 2. The van der Waals surface area contributed by atoms with Gasteiger partial charge in [-0.2, -0.15) is 0 Å². The number of anilines is 1. The third-order valence-corrected chi connectivity index (χ3v) is 6.99. The topological polar surface area (TPSA) is 90.3 Å². The molecule has 1 saturated carbocycles. The van der Waals surface area contributed by atoms with Crippen molar-refractivity contribution in [1.29, 1.82) is 0 Å². The van der Waals surface area contributed by atoms with Crippen molar-refractivity contribution in [3.63, 3.8) is 0 Å². The van der Waals surface area contributed by atoms with Crippen molar-refractivity contribution in [2.45, 2.75) is 26.3 Å². The highest BCUT2D eigenvalue weighted by molar-refractivity contribution is 5.84. The third kappa shape index (κ3) is 2.97. The van der Waals surface area contributed by atoms with Gasteiger partial charge in [-0.15, -0.1) is 0 Å². The van der Waals surface area contributed by atoms with E-state index < -0.39 is 30.0 Å². The van der Waals surface area contributed by atoms with E-state index in [0.29, 0.717) is 47.1 Å². The van der Waals surface area contributed by atoms with Crippen molar-refractivity contribution in [2.75, 3.05) is 18.0 Å². The molecule has 0 radical (unpaired) electrons. The number of aromatic nitrogens is 3. The molecule has 0 spiro atoms. The standard InChI is InChI=1S/C25H24N4O4/c1-13-8-18(14(2)29-20-7-5-4-6-17(20)23(31)33-25(29)32)21-19(9-13)22(30)27(3)24(26-21)28-11-15-10-16(15)12-28/h4-9,14-16H,10-12H2,1-3H3/i3D3. The van der Waals surface area contributed by atoms with Gasteiger partial charge in [0.2, 0.25) is 5.95 Å². The number of piperidine rings is 1. The normalized spacial score (nSPS) is 22.1. The van der Waals surface area contributed by atoms with Crippen molar-refractivity contribution in [2.24, 2.45) is 18.8 Å². The monoisotopic (exact) mass is 447 g/mol. The minimum Gasteiger partial charge on any atom is -0.372 e. The number of nitrogens with zero attached hydrogens (tertiary/aromatic N) is 4. The molecule has 168 valence electrons. The zero-order valence-electron chi connectivity index (χ0n) is 21.2. The number of hydrogen-bond donors (Lipinski definition) is 0. The highest BCUT2D eigenvalue weighted by Gasteiger charge is 2.46. The first kappa shape index (κ1) is 16.9. The molecule has 3 unspecified atom stereocenters. The first-order valence-corrected chi connectivity index (χ1v) is 11.0. The summed E-state index contributed by atoms with van der Waals surface area (Å²) in [6.07, 6.45) is 1.11. The number of para-hydroxylation sites is 1. The fourth-order valence-corrected chi connectivity index (χ4v) is 5.19. The van der Waals surface area contributed by atoms with Crippen LogP contribution in [-0.2, 0) is 6.98 Å². The molecule has 6 rings (SSSR count). The van der Waals surface area contributed by atoms with Crippen LogP contribution in [-0.4, -0.2) is 27.2 Å². The summed E-state index contributed by atoms with van der Waals surface area (Å²) in [5, 5.41) is 0.423. The molecule has 0 amide bonds. The van der Waals surface area contributed by atoms with Crippen LogP contribution in [0.1, 0.15) is 34.6 Å². The van der Waals surface area contributed by atoms with E-state index in [1.165, 1.54) is 4.57 Å². The van der Waals surface area contributed by atoms with Gasteiger partial charge in [0.15, 0.2) is 0 Å². The van der Waals surface area contributed by atoms with Crippen LogP contribution in [0.25, 0.3) is 21.8 Å². The molecule has 0 N–H and O–H groups in total. The maximum Gasteiger partial charge on any atom is 0.422 e. The van der Waals surface area contributed by atoms with Crippen molar-refractivity contribution >= 4 is 27.8 Å². The van der Waals surface area contributed by atoms with E-state index in [4.69, 9.17) is 13.5 Å². The van der Waals surface area contributed by atoms with Crippen LogP contribution >= 0.6 is 0 Å². The Morgan fingerprint density at radius 1 is 1.12 bits per heavy atom. The summed E-state index contributed by atoms with van der Waals surface area (Å²) in [5.41, 5.74) is 0.635. The van der Waals surface area contributed by atoms with Crippen LogP contribution in [0.4, 0.5) is 5.95 Å². The maximum absolute atomic E-state index is 13.6. The van der Waals surface area contributed by atoms with Crippen LogP contribution < -0.4 is 21.8 Å². The van der Waals surface area contributed by atoms with Gasteiger partial charge < -0.3 is 9.32 Å². The Balaban J connectivity index is 1.64. The molecule has 8 heteroatoms. The molecule has 8 nitrogen and oxygen atoms in total. The van der Waals surface area contributed by atoms with Crippen LogP contribution in [0.2, 0.25) is 0 Å². The summed E-state index contributed by atoms with van der Waals surface area (Å²) in [5.74, 6) is 0.290. The summed E-state index contributed by atoms with van der Waals surface area (Å²) < 4.78 is 31.4. The average Bonchev–Trinajstić information content (AvgIpc) is 3.42. The fourth-order valence-electron chi connectivity index (χ4n) is 5.19. The molecule has 33 heavy (non-hydrogen) atoms. The zero-order valence-corrected chi connectivity index (χ0v) is 18.2. The molecule has 2 aliphatic rings. The van der Waals surface area contributed by atoms with Crippen molar-refractivity contribution in [3.8, 4) is 0 Å². The van der Waals surface area contributed by atoms with E-state index in [1.54, 1.807) is 44.2 Å². The molecule has 1 aliphatic carbocycles. The number of fused-ring (bicyclic) bond motifs is 3. The van der Waals surface area contributed by atoms with Crippen molar-refractivity contribution in [1.82, 2.24) is 14.1 Å². The van der Waals surface area contributed by atoms with E-state index in [2.05, 4.69) is 0 Å². The van der Waals surface area contributed by atoms with Gasteiger partial charge in [0.25, 0.3) is 5.56 Å². The average molecular weight is 448 g/mol. The zero-order chi connectivity index (χ0) is 25.5. The van der Waals surface area contributed by atoms with E-state index in [9.17, 15) is 14.4 Å². The van der Waals surface area contributed by atoms with E-state index in [-0.39, 0.29) is 16.7 Å². The predicted molar refractivity (Wildman–Crippen MR) is 126 cm³/mol. The molecular weight excluding hydrogens is 420 g/mol. The van der Waals surface area contributed by atoms with Crippen molar-refractivity contribution < 1.29 is 8.53 Å². The molecular formula is C25H24N4O4. The van der Waals surface area contributed by atoms with Crippen LogP contribution in [0, 0.1) is 18.8 Å². The molecule has 0 bridgehead atoms. The number of aryl methyl sites for hydroxylation is 1. The first-order chi connectivity index (χ1) is 17.0. The molecule has 3 heterocycles. The molecule has 2 aromatic carbocycles. The SMILES string of the molecule is [2H]C([2H])([2H])n1c(N2CC3CC3C2)nc2c(C(C)n3c(=O)oc(=O)c4ccccc43)cc(C)cc2c1=O. The van der Waals surface area contributed by atoms with Crippen LogP contribution in [0.3, 0.4) is 0 Å². The lowest BCUT2D eigenvalue weighted by molar-refractivity contribution is 0.406. The van der Waals surface area contributed by atoms with Crippen LogP contribution in [0.15, 0.2) is 55.2 Å². The maximum atomic E-state index is 13.6. The highest BCUT2D eigenvalue weighted by atomic mass is 16.4. The minimum atomic E-state index is -2.70. The van der Waals surface area contributed by atoms with Crippen LogP contribution in [0.5, 0.6) is 0 Å². The lowest BCUT2D eigenvalue weighted by atomic mass is 10.0. The Bertz CT molecular complexity index is 1730. The largest absolute Gasteiger partial charge is 0.422 e. The number of hydrogen-bond acceptors (Lipinski definition) is 6. The lowest BCUT2D eigenvalue weighted by Gasteiger charge is -2.24. The van der Waals surface area contributed by atoms with Gasteiger partial charge in [-0.3, -0.25) is 13.9 Å². The summed E-state index contributed by atoms with van der Waals surface area (Å²) >= 11 is 0. The van der Waals surface area contributed by atoms with Gasteiger partial charge >= 0.3 is 11.4 Å². The fraction of sp³-hybridized carbons (Fsp3) is 0.360. The predicted octanol–water partition coefficient (Wildman–Crippen LogP) is 2.58. The Kier molecular flexibility index (Phi) is 3.53. The summed E-state index contributed by atoms with van der Waals surface area (Å²) in [6.45, 7) is 2.17. The highest BCUT2D eigenvalue weighted by Crippen LogP contribution is 2.46.